The van der Waals surface area contributed by atoms with Gasteiger partial charge >= 0.3 is 0 Å². The molecule has 7 heteroatoms. The summed E-state index contributed by atoms with van der Waals surface area (Å²) in [7, 11) is 0. The Morgan fingerprint density at radius 3 is 2.78 bits per heavy atom. The summed E-state index contributed by atoms with van der Waals surface area (Å²) in [5.41, 5.74) is 0. The molecular weight excluding hydrogens is 237 g/mol. The molecular formula is C11H18FN5O. The van der Waals surface area contributed by atoms with Crippen LogP contribution in [0.2, 0.25) is 0 Å². The maximum Gasteiger partial charge on any atom is 0.239 e. The SMILES string of the molecule is CCNc1ncc(F)c(NCC(=O)NC(C)C)n1. The number of hydrogen-bond acceptors (Lipinski definition) is 5. The fraction of sp³-hybridized carbons (Fsp3) is 0.545. The molecule has 0 saturated carbocycles. The maximum atomic E-state index is 13.4. The first kappa shape index (κ1) is 14.1. The van der Waals surface area contributed by atoms with Crippen LogP contribution in [-0.4, -0.2) is 35.0 Å². The van der Waals surface area contributed by atoms with E-state index >= 15 is 0 Å². The molecule has 0 fully saturated rings. The second kappa shape index (κ2) is 6.73. The Labute approximate surface area is 105 Å². The second-order valence-electron chi connectivity index (χ2n) is 4.00. The molecule has 0 unspecified atom stereocenters. The molecule has 0 aliphatic carbocycles. The van der Waals surface area contributed by atoms with Crippen LogP contribution in [-0.2, 0) is 4.79 Å². The van der Waals surface area contributed by atoms with Gasteiger partial charge in [0.15, 0.2) is 11.6 Å². The molecule has 0 atom stereocenters. The number of aromatic nitrogens is 2. The predicted molar refractivity (Wildman–Crippen MR) is 67.9 cm³/mol. The number of hydrogen-bond donors (Lipinski definition) is 3. The van der Waals surface area contributed by atoms with Gasteiger partial charge < -0.3 is 16.0 Å². The number of carbonyl (C=O) groups excluding carboxylic acids is 1. The quantitative estimate of drug-likeness (QED) is 0.706. The molecule has 6 nitrogen and oxygen atoms in total. The highest BCUT2D eigenvalue weighted by Gasteiger charge is 2.08. The van der Waals surface area contributed by atoms with Gasteiger partial charge in [-0.2, -0.15) is 4.98 Å². The van der Waals surface area contributed by atoms with E-state index in [0.29, 0.717) is 12.5 Å². The van der Waals surface area contributed by atoms with E-state index < -0.39 is 5.82 Å². The summed E-state index contributed by atoms with van der Waals surface area (Å²) in [4.78, 5) is 19.1. The highest BCUT2D eigenvalue weighted by molar-refractivity contribution is 5.80. The first-order valence-electron chi connectivity index (χ1n) is 5.82. The van der Waals surface area contributed by atoms with Crippen molar-refractivity contribution in [3.8, 4) is 0 Å². The summed E-state index contributed by atoms with van der Waals surface area (Å²) in [6.45, 7) is 6.20. The smallest absolute Gasteiger partial charge is 0.239 e. The molecule has 18 heavy (non-hydrogen) atoms. The van der Waals surface area contributed by atoms with E-state index in [1.54, 1.807) is 0 Å². The number of carbonyl (C=O) groups is 1. The van der Waals surface area contributed by atoms with Crippen LogP contribution >= 0.6 is 0 Å². The van der Waals surface area contributed by atoms with Crippen LogP contribution in [0.3, 0.4) is 0 Å². The fourth-order valence-corrected chi connectivity index (χ4v) is 1.27. The van der Waals surface area contributed by atoms with Crippen molar-refractivity contribution in [3.63, 3.8) is 0 Å². The number of nitrogens with one attached hydrogen (secondary N) is 3. The van der Waals surface area contributed by atoms with Gasteiger partial charge in [0.25, 0.3) is 0 Å². The average molecular weight is 255 g/mol. The van der Waals surface area contributed by atoms with E-state index in [1.807, 2.05) is 20.8 Å². The van der Waals surface area contributed by atoms with E-state index in [9.17, 15) is 9.18 Å². The van der Waals surface area contributed by atoms with Crippen LogP contribution in [0.25, 0.3) is 0 Å². The Morgan fingerprint density at radius 1 is 1.44 bits per heavy atom. The topological polar surface area (TPSA) is 78.9 Å². The number of anilines is 2. The lowest BCUT2D eigenvalue weighted by Gasteiger charge is -2.10. The Balaban J connectivity index is 2.60. The minimum absolute atomic E-state index is 0.0138. The second-order valence-corrected chi connectivity index (χ2v) is 4.00. The third-order valence-electron chi connectivity index (χ3n) is 1.95. The fourth-order valence-electron chi connectivity index (χ4n) is 1.27. The molecule has 3 N–H and O–H groups in total. The Kier molecular flexibility index (Phi) is 5.29. The number of amides is 1. The highest BCUT2D eigenvalue weighted by atomic mass is 19.1. The summed E-state index contributed by atoms with van der Waals surface area (Å²) >= 11 is 0. The molecule has 1 amide bonds. The molecule has 1 heterocycles. The first-order chi connectivity index (χ1) is 8.52. The molecule has 1 aromatic rings. The number of rotatable bonds is 6. The van der Waals surface area contributed by atoms with Crippen molar-refractivity contribution in [1.82, 2.24) is 15.3 Å². The van der Waals surface area contributed by atoms with Gasteiger partial charge in [0.05, 0.1) is 12.7 Å². The van der Waals surface area contributed by atoms with Crippen LogP contribution in [0, 0.1) is 5.82 Å². The third-order valence-corrected chi connectivity index (χ3v) is 1.95. The molecule has 0 spiro atoms. The lowest BCUT2D eigenvalue weighted by atomic mass is 10.4. The molecule has 0 radical (unpaired) electrons. The minimum Gasteiger partial charge on any atom is -0.358 e. The molecule has 0 aromatic carbocycles. The van der Waals surface area contributed by atoms with Gasteiger partial charge in [-0.25, -0.2) is 9.37 Å². The van der Waals surface area contributed by atoms with E-state index in [2.05, 4.69) is 25.9 Å². The molecule has 100 valence electrons. The average Bonchev–Trinajstić information content (AvgIpc) is 2.29. The molecule has 0 bridgehead atoms. The summed E-state index contributed by atoms with van der Waals surface area (Å²) in [5.74, 6) is -0.465. The van der Waals surface area contributed by atoms with Gasteiger partial charge in [0.1, 0.15) is 0 Å². The van der Waals surface area contributed by atoms with E-state index in [1.165, 1.54) is 0 Å². The standard InChI is InChI=1S/C11H18FN5O/c1-4-13-11-15-5-8(12)10(17-11)14-6-9(18)16-7(2)3/h5,7H,4,6H2,1-3H3,(H,16,18)(H2,13,14,15,17). The first-order valence-corrected chi connectivity index (χ1v) is 5.82. The Morgan fingerprint density at radius 2 is 2.17 bits per heavy atom. The van der Waals surface area contributed by atoms with E-state index in [-0.39, 0.29) is 24.3 Å². The molecule has 0 saturated heterocycles. The van der Waals surface area contributed by atoms with Crippen LogP contribution in [0.4, 0.5) is 16.2 Å². The van der Waals surface area contributed by atoms with Crippen LogP contribution in [0.15, 0.2) is 6.20 Å². The van der Waals surface area contributed by atoms with Gasteiger partial charge in [-0.15, -0.1) is 0 Å². The van der Waals surface area contributed by atoms with Crippen molar-refractivity contribution in [2.75, 3.05) is 23.7 Å². The third kappa shape index (κ3) is 4.52. The Hall–Kier alpha value is -1.92. The zero-order valence-electron chi connectivity index (χ0n) is 10.7. The number of halogens is 1. The summed E-state index contributed by atoms with van der Waals surface area (Å²) in [5, 5.41) is 8.19. The van der Waals surface area contributed by atoms with Crippen LogP contribution in [0.1, 0.15) is 20.8 Å². The zero-order valence-corrected chi connectivity index (χ0v) is 10.7. The largest absolute Gasteiger partial charge is 0.358 e. The van der Waals surface area contributed by atoms with Crippen LogP contribution in [0.5, 0.6) is 0 Å². The van der Waals surface area contributed by atoms with Crippen LogP contribution < -0.4 is 16.0 Å². The van der Waals surface area contributed by atoms with Crippen molar-refractivity contribution in [1.29, 1.82) is 0 Å². The van der Waals surface area contributed by atoms with E-state index in [0.717, 1.165) is 6.20 Å². The Bertz CT molecular complexity index is 410. The molecule has 0 aliphatic heterocycles. The van der Waals surface area contributed by atoms with Gasteiger partial charge in [-0.05, 0) is 20.8 Å². The zero-order chi connectivity index (χ0) is 13.5. The van der Waals surface area contributed by atoms with Crippen molar-refractivity contribution < 1.29 is 9.18 Å². The van der Waals surface area contributed by atoms with E-state index in [4.69, 9.17) is 0 Å². The summed E-state index contributed by atoms with van der Waals surface area (Å²) in [6, 6.07) is 0.0480. The lowest BCUT2D eigenvalue weighted by Crippen LogP contribution is -2.35. The molecule has 1 rings (SSSR count). The summed E-state index contributed by atoms with van der Waals surface area (Å²) < 4.78 is 13.4. The number of nitrogens with zero attached hydrogens (tertiary/aromatic N) is 2. The molecule has 0 aliphatic rings. The van der Waals surface area contributed by atoms with Crippen molar-refractivity contribution in [2.24, 2.45) is 0 Å². The van der Waals surface area contributed by atoms with Gasteiger partial charge in [0, 0.05) is 12.6 Å². The van der Waals surface area contributed by atoms with Gasteiger partial charge in [-0.3, -0.25) is 4.79 Å². The summed E-state index contributed by atoms with van der Waals surface area (Å²) in [6.07, 6.45) is 1.06. The lowest BCUT2D eigenvalue weighted by molar-refractivity contribution is -0.119. The van der Waals surface area contributed by atoms with Crippen molar-refractivity contribution in [2.45, 2.75) is 26.8 Å². The maximum absolute atomic E-state index is 13.4. The van der Waals surface area contributed by atoms with Crippen molar-refractivity contribution >= 4 is 17.7 Å². The van der Waals surface area contributed by atoms with Gasteiger partial charge in [-0.1, -0.05) is 0 Å². The van der Waals surface area contributed by atoms with Crippen molar-refractivity contribution in [3.05, 3.63) is 12.0 Å². The minimum atomic E-state index is -0.589. The molecule has 1 aromatic heterocycles. The predicted octanol–water partition coefficient (Wildman–Crippen LogP) is 0.984. The highest BCUT2D eigenvalue weighted by Crippen LogP contribution is 2.11. The normalized spacial score (nSPS) is 10.3. The monoisotopic (exact) mass is 255 g/mol. The van der Waals surface area contributed by atoms with Gasteiger partial charge in [0.2, 0.25) is 11.9 Å².